The number of aliphatic hydroxyl groups excluding tert-OH is 2. The standard InChI is InChI=1S/C70H85FN10O14/c1-40-27-51(84)20-22-60(87)74-35-44-15-11-42(12-16-44)7-5-10-59(86)70(3)24-6-25-81(70)69(94)55(29-43-13-17-45(38-82)18-14-43)77-66(91)62(41(2)83)79-67(92)63-58-23-26-80(63)68(93)48(31-49-37-73-53-21-19-50(71)33-52(49)53)32-57(85)54(76-65(90)56(34-72)78-64(40)89)30-46-8-4-9-47(28-46)36-75-61(88)39-95-58/h4,8-9,11-19,21,28,33,37,40-41,48,54-56,58,62-63,73,82-83H,5-7,10,20,22-27,29-32,34-36,38-39,72H2,1-3H3,(H,74,87)(H,75,88)(H,76,90)(H,77,91)(H,78,89)(H,79,92). The van der Waals surface area contributed by atoms with Gasteiger partial charge in [-0.25, -0.2) is 4.39 Å². The van der Waals surface area contributed by atoms with Crippen molar-refractivity contribution in [1.82, 2.24) is 46.7 Å². The van der Waals surface area contributed by atoms with Gasteiger partial charge < -0.3 is 67.4 Å². The van der Waals surface area contributed by atoms with Crippen molar-refractivity contribution in [3.63, 3.8) is 0 Å². The maximum absolute atomic E-state index is 15.7. The molecule has 8 bridgehead atoms. The van der Waals surface area contributed by atoms with Crippen molar-refractivity contribution in [2.75, 3.05) is 26.2 Å². The SMILES string of the molecule is CC1CC(=O)CCC(=O)NCc2ccc(cc2)CCCC(=O)C2(C)CCCN2C(=O)C(Cc2ccc(CO)cc2)NC(=O)C(C(C)O)NC(=O)C2C3CCN2C(=O)C(Cc2c[nH]c4ccc(F)cc24)CC(=O)C(Cc2cccc(c2)CNC(=O)CO3)NC(=O)C(CN)NC1=O. The second kappa shape index (κ2) is 31.9. The third-order valence-corrected chi connectivity index (χ3v) is 18.6. The topological polar surface area (TPSA) is 358 Å². The van der Waals surface area contributed by atoms with Gasteiger partial charge >= 0.3 is 0 Å². The molecule has 0 aliphatic carbocycles. The summed E-state index contributed by atoms with van der Waals surface area (Å²) in [7, 11) is 0. The van der Waals surface area contributed by atoms with Crippen molar-refractivity contribution in [1.29, 1.82) is 0 Å². The first-order chi connectivity index (χ1) is 45.5. The lowest BCUT2D eigenvalue weighted by atomic mass is 9.88. The van der Waals surface area contributed by atoms with Crippen LogP contribution in [0.4, 0.5) is 4.39 Å². The fourth-order valence-corrected chi connectivity index (χ4v) is 13.1. The molecule has 8 amide bonds. The number of H-pyrrole nitrogens is 1. The first-order valence-electron chi connectivity index (χ1n) is 32.5. The van der Waals surface area contributed by atoms with Crippen LogP contribution in [0.15, 0.2) is 97.2 Å². The van der Waals surface area contributed by atoms with Crippen molar-refractivity contribution in [3.8, 4) is 0 Å². The summed E-state index contributed by atoms with van der Waals surface area (Å²) in [5.74, 6) is -10.2. The molecule has 4 aromatic carbocycles. The zero-order chi connectivity index (χ0) is 68.1. The molecule has 2 fully saturated rings. The molecule has 0 saturated carbocycles. The Morgan fingerprint density at radius 1 is 0.684 bits per heavy atom. The van der Waals surface area contributed by atoms with Crippen LogP contribution in [-0.4, -0.2) is 164 Å². The molecule has 5 aromatic rings. The van der Waals surface area contributed by atoms with Crippen molar-refractivity contribution in [2.24, 2.45) is 17.6 Å². The van der Waals surface area contributed by atoms with Crippen LogP contribution in [0, 0.1) is 17.7 Å². The highest BCUT2D eigenvalue weighted by Crippen LogP contribution is 2.34. The van der Waals surface area contributed by atoms with E-state index in [2.05, 4.69) is 36.9 Å². The predicted molar refractivity (Wildman–Crippen MR) is 345 cm³/mol. The second-order valence-corrected chi connectivity index (χ2v) is 25.7. The third kappa shape index (κ3) is 17.9. The van der Waals surface area contributed by atoms with E-state index in [1.807, 2.05) is 24.3 Å². The van der Waals surface area contributed by atoms with Crippen LogP contribution < -0.4 is 37.6 Å². The number of nitrogens with zero attached hydrogens (tertiary/aromatic N) is 2. The number of carbonyl (C=O) groups is 11. The molecule has 10 unspecified atom stereocenters. The predicted octanol–water partition coefficient (Wildman–Crippen LogP) is 2.28. The number of halogens is 1. The number of ether oxygens (including phenoxy) is 1. The minimum atomic E-state index is -1.82. The highest BCUT2D eigenvalue weighted by Gasteiger charge is 2.49. The van der Waals surface area contributed by atoms with Gasteiger partial charge in [-0.2, -0.15) is 0 Å². The van der Waals surface area contributed by atoms with Gasteiger partial charge in [0.2, 0.25) is 47.3 Å². The molecule has 24 nitrogen and oxygen atoms in total. The van der Waals surface area contributed by atoms with E-state index < -0.39 is 138 Å². The first kappa shape index (κ1) is 70.3. The molecule has 95 heavy (non-hydrogen) atoms. The molecule has 25 heteroatoms. The van der Waals surface area contributed by atoms with Gasteiger partial charge in [-0.3, -0.25) is 52.7 Å². The Labute approximate surface area is 549 Å². The molecular weight excluding hydrogens is 1220 g/mol. The molecule has 10 atom stereocenters. The molecule has 6 heterocycles. The number of carbonyl (C=O) groups excluding carboxylic acids is 11. The largest absolute Gasteiger partial charge is 0.392 e. The number of hydrogen-bond donors (Lipinski definition) is 10. The molecule has 0 spiro atoms. The number of fused-ring (bicyclic) bond motifs is 26. The van der Waals surface area contributed by atoms with Crippen LogP contribution in [0.3, 0.4) is 0 Å². The molecule has 10 rings (SSSR count). The van der Waals surface area contributed by atoms with Crippen LogP contribution in [0.5, 0.6) is 0 Å². The highest BCUT2D eigenvalue weighted by molar-refractivity contribution is 6.00. The van der Waals surface area contributed by atoms with Crippen molar-refractivity contribution in [3.05, 3.63) is 142 Å². The Hall–Kier alpha value is -9.04. The zero-order valence-corrected chi connectivity index (χ0v) is 53.7. The Bertz CT molecular complexity index is 3670. The van der Waals surface area contributed by atoms with Crippen LogP contribution >= 0.6 is 0 Å². The molecule has 5 aliphatic rings. The molecular formula is C70H85FN10O14. The van der Waals surface area contributed by atoms with E-state index in [9.17, 15) is 43.8 Å². The number of hydrogen-bond acceptors (Lipinski definition) is 15. The summed E-state index contributed by atoms with van der Waals surface area (Å²) in [5.41, 5.74) is 9.69. The molecule has 0 radical (unpaired) electrons. The average Bonchev–Trinajstić information content (AvgIpc) is 1.70. The van der Waals surface area contributed by atoms with Gasteiger partial charge in [0, 0.05) is 100 Å². The number of nitrogens with one attached hydrogen (secondary N) is 7. The normalized spacial score (nSPS) is 26.2. The van der Waals surface area contributed by atoms with E-state index in [-0.39, 0.29) is 95.7 Å². The molecule has 5 aliphatic heterocycles. The van der Waals surface area contributed by atoms with Gasteiger partial charge in [-0.1, -0.05) is 79.7 Å². The zero-order valence-electron chi connectivity index (χ0n) is 53.7. The highest BCUT2D eigenvalue weighted by atomic mass is 19.1. The van der Waals surface area contributed by atoms with Crippen molar-refractivity contribution < 1.29 is 72.1 Å². The minimum Gasteiger partial charge on any atom is -0.392 e. The Morgan fingerprint density at radius 2 is 1.39 bits per heavy atom. The van der Waals surface area contributed by atoms with Crippen LogP contribution in [0.25, 0.3) is 10.9 Å². The summed E-state index contributed by atoms with van der Waals surface area (Å²) in [6, 6.07) is 17.2. The lowest BCUT2D eigenvalue weighted by Gasteiger charge is -2.37. The maximum atomic E-state index is 15.7. The Kier molecular flexibility index (Phi) is 23.6. The smallest absolute Gasteiger partial charge is 0.246 e. The van der Waals surface area contributed by atoms with Gasteiger partial charge in [-0.05, 0) is 116 Å². The third-order valence-electron chi connectivity index (χ3n) is 18.6. The number of aliphatic hydroxyl groups is 2. The minimum absolute atomic E-state index is 0.0343. The van der Waals surface area contributed by atoms with Crippen LogP contribution in [-0.2, 0) is 103 Å². The van der Waals surface area contributed by atoms with E-state index in [4.69, 9.17) is 10.5 Å². The summed E-state index contributed by atoms with van der Waals surface area (Å²) >= 11 is 0. The number of ketones is 3. The van der Waals surface area contributed by atoms with Crippen molar-refractivity contribution in [2.45, 2.75) is 172 Å². The Balaban J connectivity index is 1.08. The monoisotopic (exact) mass is 1310 g/mol. The number of benzene rings is 4. The molecule has 11 N–H and O–H groups in total. The molecule has 2 saturated heterocycles. The fraction of sp³-hybridized carbons (Fsp3) is 0.471. The van der Waals surface area contributed by atoms with E-state index in [1.165, 1.54) is 36.9 Å². The van der Waals surface area contributed by atoms with Gasteiger partial charge in [0.1, 0.15) is 42.4 Å². The number of aromatic nitrogens is 1. The maximum Gasteiger partial charge on any atom is 0.246 e. The lowest BCUT2D eigenvalue weighted by Crippen LogP contribution is -2.62. The Morgan fingerprint density at radius 3 is 2.13 bits per heavy atom. The average molecular weight is 1310 g/mol. The molecule has 1 aromatic heterocycles. The second-order valence-electron chi connectivity index (χ2n) is 25.7. The van der Waals surface area contributed by atoms with Crippen LogP contribution in [0.2, 0.25) is 0 Å². The fourth-order valence-electron chi connectivity index (χ4n) is 13.1. The summed E-state index contributed by atoms with van der Waals surface area (Å²) in [6.45, 7) is 3.21. The number of rotatable bonds is 7. The number of nitrogens with two attached hydrogens (primary N) is 1. The number of amides is 8. The van der Waals surface area contributed by atoms with Gasteiger partial charge in [0.25, 0.3) is 0 Å². The van der Waals surface area contributed by atoms with E-state index in [0.29, 0.717) is 64.4 Å². The first-order valence-corrected chi connectivity index (χ1v) is 32.5. The van der Waals surface area contributed by atoms with Gasteiger partial charge in [-0.15, -0.1) is 0 Å². The summed E-state index contributed by atoms with van der Waals surface area (Å²) < 4.78 is 21.2. The van der Waals surface area contributed by atoms with Gasteiger partial charge in [0.15, 0.2) is 11.6 Å². The van der Waals surface area contributed by atoms with E-state index in [0.717, 1.165) is 16.0 Å². The summed E-state index contributed by atoms with van der Waals surface area (Å²) in [6.07, 6.45) is -1.30. The number of Topliss-reactive ketones (excluding diaryl/α,β-unsaturated/α-hetero) is 3. The lowest BCUT2D eigenvalue weighted by molar-refractivity contribution is -0.148. The van der Waals surface area contributed by atoms with Gasteiger partial charge in [0.05, 0.1) is 30.4 Å². The quantitative estimate of drug-likeness (QED) is 0.112. The van der Waals surface area contributed by atoms with Crippen LogP contribution in [0.1, 0.15) is 118 Å². The molecule has 506 valence electrons. The number of aromatic amines is 1. The number of aryl methyl sites for hydroxylation is 1. The van der Waals surface area contributed by atoms with E-state index >= 15 is 23.6 Å². The van der Waals surface area contributed by atoms with Crippen molar-refractivity contribution >= 4 is 75.5 Å². The summed E-state index contributed by atoms with van der Waals surface area (Å²) in [5, 5.41) is 38.1. The van der Waals surface area contributed by atoms with E-state index in [1.54, 1.807) is 61.7 Å². The summed E-state index contributed by atoms with van der Waals surface area (Å²) in [4.78, 5) is 164.